The third-order valence-corrected chi connectivity index (χ3v) is 8.69. The van der Waals surface area contributed by atoms with Gasteiger partial charge in [-0.15, -0.1) is 0 Å². The number of allylic oxidation sites excluding steroid dienone is 3. The van der Waals surface area contributed by atoms with E-state index in [4.69, 9.17) is 4.74 Å². The third kappa shape index (κ3) is 2.19. The maximum absolute atomic E-state index is 11.6. The molecule has 0 bridgehead atoms. The first-order valence-electron chi connectivity index (χ1n) is 10.4. The monoisotopic (exact) mass is 354 g/mol. The number of hydrogen-bond donors (Lipinski definition) is 1. The molecule has 0 aromatic carbocycles. The Labute approximate surface area is 156 Å². The summed E-state index contributed by atoms with van der Waals surface area (Å²) in [6.45, 7) is 5.34. The van der Waals surface area contributed by atoms with Gasteiger partial charge in [0, 0.05) is 17.1 Å². The predicted molar refractivity (Wildman–Crippen MR) is 100 cm³/mol. The highest BCUT2D eigenvalue weighted by atomic mass is 16.5. The quantitative estimate of drug-likeness (QED) is 0.713. The topological polar surface area (TPSA) is 46.5 Å². The van der Waals surface area contributed by atoms with E-state index in [1.54, 1.807) is 11.6 Å². The number of esters is 1. The van der Waals surface area contributed by atoms with Crippen LogP contribution in [0.25, 0.3) is 0 Å². The van der Waals surface area contributed by atoms with Gasteiger partial charge in [-0.1, -0.05) is 31.6 Å². The first-order valence-corrected chi connectivity index (χ1v) is 10.4. The molecule has 3 saturated carbocycles. The molecule has 1 heterocycles. The molecule has 0 saturated heterocycles. The molecule has 4 aliphatic carbocycles. The number of rotatable bonds is 1. The number of carbonyl (C=O) groups excluding carboxylic acids is 1. The van der Waals surface area contributed by atoms with Gasteiger partial charge in [-0.3, -0.25) is 0 Å². The van der Waals surface area contributed by atoms with Crippen LogP contribution in [0, 0.1) is 28.6 Å². The van der Waals surface area contributed by atoms with Crippen molar-refractivity contribution in [2.75, 3.05) is 6.61 Å². The number of carbonyl (C=O) groups is 1. The van der Waals surface area contributed by atoms with Crippen LogP contribution in [0.2, 0.25) is 0 Å². The highest BCUT2D eigenvalue weighted by Gasteiger charge is 2.56. The third-order valence-electron chi connectivity index (χ3n) is 8.69. The summed E-state index contributed by atoms with van der Waals surface area (Å²) in [5.74, 6) is 1.91. The SMILES string of the molecule is C[C@]12CC[C@H]3[C@H](CC[C@@H]4C[C@H](O)CC[C@]43C)C1=CC=C2C1=CC(=O)OC1. The standard InChI is InChI=1S/C23H30O3/c1-22-9-7-16(24)12-15(22)3-4-17-19-6-5-18(14-11-21(25)26-13-14)23(19,2)10-8-20(17)22/h5-6,11,15-17,20,24H,3-4,7-10,12-13H2,1-2H3/t15-,16-,17-,20+,22-,23-/m1/s1. The summed E-state index contributed by atoms with van der Waals surface area (Å²) in [5, 5.41) is 10.2. The van der Waals surface area contributed by atoms with Gasteiger partial charge in [-0.25, -0.2) is 4.79 Å². The zero-order valence-corrected chi connectivity index (χ0v) is 16.0. The highest BCUT2D eigenvalue weighted by molar-refractivity contribution is 5.87. The van der Waals surface area contributed by atoms with E-state index in [0.717, 1.165) is 24.3 Å². The molecule has 1 N–H and O–H groups in total. The fourth-order valence-electron chi connectivity index (χ4n) is 7.22. The Balaban J connectivity index is 1.44. The van der Waals surface area contributed by atoms with E-state index >= 15 is 0 Å². The molecule has 0 amide bonds. The second-order valence-electron chi connectivity index (χ2n) is 9.77. The summed E-state index contributed by atoms with van der Waals surface area (Å²) < 4.78 is 5.19. The van der Waals surface area contributed by atoms with E-state index in [2.05, 4.69) is 26.0 Å². The first-order chi connectivity index (χ1) is 12.4. The molecule has 0 unspecified atom stereocenters. The van der Waals surface area contributed by atoms with Gasteiger partial charge in [-0.05, 0) is 73.7 Å². The first kappa shape index (κ1) is 16.8. The number of hydrogen-bond acceptors (Lipinski definition) is 3. The van der Waals surface area contributed by atoms with Crippen LogP contribution in [0.3, 0.4) is 0 Å². The number of fused-ring (bicyclic) bond motifs is 5. The van der Waals surface area contributed by atoms with Crippen molar-refractivity contribution < 1.29 is 14.6 Å². The van der Waals surface area contributed by atoms with Crippen molar-refractivity contribution in [1.29, 1.82) is 0 Å². The van der Waals surface area contributed by atoms with Crippen LogP contribution in [-0.2, 0) is 9.53 Å². The minimum atomic E-state index is -0.194. The van der Waals surface area contributed by atoms with Gasteiger partial charge in [0.2, 0.25) is 0 Å². The van der Waals surface area contributed by atoms with Crippen LogP contribution in [0.15, 0.2) is 34.9 Å². The maximum atomic E-state index is 11.6. The van der Waals surface area contributed by atoms with Gasteiger partial charge in [0.05, 0.1) is 6.10 Å². The van der Waals surface area contributed by atoms with Crippen LogP contribution in [0.1, 0.15) is 58.8 Å². The molecule has 26 heavy (non-hydrogen) atoms. The normalized spacial score (nSPS) is 47.2. The average Bonchev–Trinajstić information content (AvgIpc) is 3.18. The molecular weight excluding hydrogens is 324 g/mol. The lowest BCUT2D eigenvalue weighted by Gasteiger charge is -2.59. The summed E-state index contributed by atoms with van der Waals surface area (Å²) in [4.78, 5) is 11.6. The van der Waals surface area contributed by atoms with Gasteiger partial charge in [0.25, 0.3) is 0 Å². The molecule has 0 aromatic heterocycles. The van der Waals surface area contributed by atoms with Crippen molar-refractivity contribution in [2.45, 2.75) is 64.9 Å². The van der Waals surface area contributed by atoms with Gasteiger partial charge in [0.1, 0.15) is 6.61 Å². The fraction of sp³-hybridized carbons (Fsp3) is 0.696. The van der Waals surface area contributed by atoms with Crippen LogP contribution >= 0.6 is 0 Å². The molecule has 0 aromatic rings. The van der Waals surface area contributed by atoms with Crippen molar-refractivity contribution in [1.82, 2.24) is 0 Å². The van der Waals surface area contributed by atoms with E-state index in [0.29, 0.717) is 23.9 Å². The van der Waals surface area contributed by atoms with Crippen LogP contribution in [0.5, 0.6) is 0 Å². The van der Waals surface area contributed by atoms with Crippen LogP contribution < -0.4 is 0 Å². The van der Waals surface area contributed by atoms with Gasteiger partial charge in [0.15, 0.2) is 0 Å². The number of aliphatic hydroxyl groups is 1. The molecule has 6 atom stereocenters. The Morgan fingerprint density at radius 2 is 1.96 bits per heavy atom. The van der Waals surface area contributed by atoms with Crippen LogP contribution in [-0.4, -0.2) is 23.8 Å². The molecule has 5 rings (SSSR count). The van der Waals surface area contributed by atoms with E-state index in [-0.39, 0.29) is 17.5 Å². The zero-order chi connectivity index (χ0) is 18.1. The largest absolute Gasteiger partial charge is 0.458 e. The Morgan fingerprint density at radius 1 is 1.12 bits per heavy atom. The summed E-state index contributed by atoms with van der Waals surface area (Å²) in [5.41, 5.74) is 4.48. The van der Waals surface area contributed by atoms with Crippen molar-refractivity contribution in [2.24, 2.45) is 28.6 Å². The summed E-state index contributed by atoms with van der Waals surface area (Å²) in [6.07, 6.45) is 14.4. The predicted octanol–water partition coefficient (Wildman–Crippen LogP) is 4.33. The van der Waals surface area contributed by atoms with E-state index in [9.17, 15) is 9.90 Å². The molecule has 140 valence electrons. The maximum Gasteiger partial charge on any atom is 0.331 e. The minimum Gasteiger partial charge on any atom is -0.458 e. The Morgan fingerprint density at radius 3 is 2.73 bits per heavy atom. The van der Waals surface area contributed by atoms with E-state index < -0.39 is 0 Å². The second kappa shape index (κ2) is 5.58. The van der Waals surface area contributed by atoms with Crippen molar-refractivity contribution in [3.05, 3.63) is 34.9 Å². The van der Waals surface area contributed by atoms with Crippen LogP contribution in [0.4, 0.5) is 0 Å². The smallest absolute Gasteiger partial charge is 0.331 e. The molecule has 1 aliphatic heterocycles. The Bertz CT molecular complexity index is 745. The molecule has 3 heteroatoms. The molecule has 5 aliphatic rings. The summed E-state index contributed by atoms with van der Waals surface area (Å²) in [7, 11) is 0. The average molecular weight is 354 g/mol. The number of ether oxygens (including phenoxy) is 1. The van der Waals surface area contributed by atoms with Crippen molar-refractivity contribution in [3.8, 4) is 0 Å². The van der Waals surface area contributed by atoms with E-state index in [1.807, 2.05) is 0 Å². The second-order valence-corrected chi connectivity index (χ2v) is 9.77. The zero-order valence-electron chi connectivity index (χ0n) is 16.0. The molecule has 0 spiro atoms. The molecular formula is C23H30O3. The molecule has 0 radical (unpaired) electrons. The Kier molecular flexibility index (Phi) is 3.60. The van der Waals surface area contributed by atoms with E-state index in [1.165, 1.54) is 37.7 Å². The summed E-state index contributed by atoms with van der Waals surface area (Å²) in [6, 6.07) is 0. The lowest BCUT2D eigenvalue weighted by molar-refractivity contribution is -0.134. The fourth-order valence-corrected chi connectivity index (χ4v) is 7.22. The number of cyclic esters (lactones) is 1. The minimum absolute atomic E-state index is 0.0794. The van der Waals surface area contributed by atoms with Gasteiger partial charge in [-0.2, -0.15) is 0 Å². The van der Waals surface area contributed by atoms with Crippen molar-refractivity contribution >= 4 is 5.97 Å². The lowest BCUT2D eigenvalue weighted by Crippen LogP contribution is -2.51. The molecule has 3 fully saturated rings. The highest BCUT2D eigenvalue weighted by Crippen LogP contribution is 2.65. The van der Waals surface area contributed by atoms with Crippen molar-refractivity contribution in [3.63, 3.8) is 0 Å². The molecule has 3 nitrogen and oxygen atoms in total. The van der Waals surface area contributed by atoms with Gasteiger partial charge < -0.3 is 9.84 Å². The van der Waals surface area contributed by atoms with Gasteiger partial charge >= 0.3 is 5.97 Å². The lowest BCUT2D eigenvalue weighted by atomic mass is 9.46. The summed E-state index contributed by atoms with van der Waals surface area (Å²) >= 11 is 0. The Hall–Kier alpha value is -1.35. The number of aliphatic hydroxyl groups excluding tert-OH is 1.